The Morgan fingerprint density at radius 1 is 1.11 bits per heavy atom. The third kappa shape index (κ3) is 2.85. The lowest BCUT2D eigenvalue weighted by Crippen LogP contribution is -2.13. The van der Waals surface area contributed by atoms with Crippen LogP contribution >= 0.6 is 11.8 Å². The maximum absolute atomic E-state index is 5.35. The van der Waals surface area contributed by atoms with Crippen LogP contribution in [-0.2, 0) is 0 Å². The summed E-state index contributed by atoms with van der Waals surface area (Å²) in [7, 11) is 0. The Hall–Kier alpha value is -0.0400. The van der Waals surface area contributed by atoms with Gasteiger partial charge < -0.3 is 0 Å². The van der Waals surface area contributed by atoms with E-state index >= 15 is 0 Å². The minimum atomic E-state index is 0.475. The van der Waals surface area contributed by atoms with Gasteiger partial charge in [0.25, 0.3) is 0 Å². The minimum absolute atomic E-state index is 0.475. The van der Waals surface area contributed by atoms with E-state index in [-0.39, 0.29) is 0 Å². The fourth-order valence-electron chi connectivity index (χ4n) is 0.862. The van der Waals surface area contributed by atoms with Crippen LogP contribution < -0.4 is 0 Å². The van der Waals surface area contributed by atoms with Gasteiger partial charge in [-0.3, -0.25) is 0 Å². The van der Waals surface area contributed by atoms with Crippen molar-refractivity contribution < 1.29 is 0 Å². The third-order valence-electron chi connectivity index (χ3n) is 1.28. The van der Waals surface area contributed by atoms with Crippen molar-refractivity contribution in [2.45, 2.75) is 27.7 Å². The van der Waals surface area contributed by atoms with E-state index < -0.39 is 0 Å². The van der Waals surface area contributed by atoms with Crippen LogP contribution in [0.3, 0.4) is 0 Å². The summed E-state index contributed by atoms with van der Waals surface area (Å²) in [6, 6.07) is 0. The van der Waals surface area contributed by atoms with Gasteiger partial charge in [0, 0.05) is 17.5 Å². The van der Waals surface area contributed by atoms with Crippen LogP contribution in [-0.4, -0.2) is 5.71 Å². The zero-order valence-corrected chi connectivity index (χ0v) is 7.24. The fourth-order valence-corrected chi connectivity index (χ4v) is 1.25. The van der Waals surface area contributed by atoms with E-state index in [0.29, 0.717) is 11.8 Å². The Balaban J connectivity index is 4.01. The molecule has 0 heterocycles. The number of hydrogen-bond donors (Lipinski definition) is 0. The van der Waals surface area contributed by atoms with Gasteiger partial charge >= 0.3 is 0 Å². The van der Waals surface area contributed by atoms with Crippen LogP contribution in [0, 0.1) is 11.8 Å². The van der Waals surface area contributed by atoms with E-state index in [2.05, 4.69) is 32.2 Å². The molecule has 54 valence electrons. The van der Waals surface area contributed by atoms with Crippen LogP contribution in [0.5, 0.6) is 0 Å². The van der Waals surface area contributed by atoms with Gasteiger partial charge in [0.1, 0.15) is 0 Å². The Kier molecular flexibility index (Phi) is 3.87. The summed E-state index contributed by atoms with van der Waals surface area (Å²) in [5.74, 6) is 0.949. The van der Waals surface area contributed by atoms with Crippen molar-refractivity contribution in [1.82, 2.24) is 0 Å². The summed E-state index contributed by atoms with van der Waals surface area (Å²) in [5.41, 5.74) is 1.08. The fraction of sp³-hybridized carbons (Fsp3) is 0.857. The molecule has 0 aliphatic rings. The highest BCUT2D eigenvalue weighted by molar-refractivity contribution is 6.20. The molecule has 0 aliphatic heterocycles. The van der Waals surface area contributed by atoms with Crippen LogP contribution in [0.15, 0.2) is 4.51 Å². The number of halogens is 1. The Bertz CT molecular complexity index is 95.5. The highest BCUT2D eigenvalue weighted by atomic mass is 35.5. The summed E-state index contributed by atoms with van der Waals surface area (Å²) >= 11 is 5.35. The molecule has 9 heavy (non-hydrogen) atoms. The Labute approximate surface area is 62.2 Å². The molecule has 0 unspecified atom stereocenters. The SMILES string of the molecule is CC(C)C(=NCl)C(C)C. The largest absolute Gasteiger partial charge is 0.186 e. The van der Waals surface area contributed by atoms with Gasteiger partial charge in [-0.05, 0) is 11.8 Å². The molecule has 0 radical (unpaired) electrons. The second-order valence-electron chi connectivity index (χ2n) is 2.82. The topological polar surface area (TPSA) is 12.4 Å². The summed E-state index contributed by atoms with van der Waals surface area (Å²) < 4.78 is 3.68. The summed E-state index contributed by atoms with van der Waals surface area (Å²) in [6.07, 6.45) is 0. The molecule has 0 saturated heterocycles. The third-order valence-corrected chi connectivity index (χ3v) is 1.48. The molecule has 0 aliphatic carbocycles. The van der Waals surface area contributed by atoms with Crippen LogP contribution in [0.25, 0.3) is 0 Å². The highest BCUT2D eigenvalue weighted by Crippen LogP contribution is 2.08. The van der Waals surface area contributed by atoms with Gasteiger partial charge in [-0.2, -0.15) is 4.51 Å². The van der Waals surface area contributed by atoms with E-state index in [4.69, 9.17) is 11.8 Å². The molecule has 0 fully saturated rings. The van der Waals surface area contributed by atoms with Crippen molar-refractivity contribution in [1.29, 1.82) is 0 Å². The zero-order valence-electron chi connectivity index (χ0n) is 6.48. The quantitative estimate of drug-likeness (QED) is 0.533. The smallest absolute Gasteiger partial charge is 0.0376 e. The molecule has 0 N–H and O–H groups in total. The molecule has 0 amide bonds. The summed E-state index contributed by atoms with van der Waals surface area (Å²) in [4.78, 5) is 0. The standard InChI is InChI=1S/C7H14ClN/c1-5(2)7(9-8)6(3)4/h5-6H,1-4H3. The lowest BCUT2D eigenvalue weighted by Gasteiger charge is -2.10. The van der Waals surface area contributed by atoms with E-state index in [0.717, 1.165) is 5.71 Å². The van der Waals surface area contributed by atoms with Crippen molar-refractivity contribution >= 4 is 17.5 Å². The molecule has 1 nitrogen and oxygen atoms in total. The molecule has 0 saturated carbocycles. The van der Waals surface area contributed by atoms with Crippen molar-refractivity contribution in [3.8, 4) is 0 Å². The lowest BCUT2D eigenvalue weighted by molar-refractivity contribution is 0.769. The zero-order chi connectivity index (χ0) is 7.44. The molecule has 0 atom stereocenters. The summed E-state index contributed by atoms with van der Waals surface area (Å²) in [6.45, 7) is 8.39. The first-order valence-corrected chi connectivity index (χ1v) is 3.62. The average molecular weight is 148 g/mol. The second-order valence-corrected chi connectivity index (χ2v) is 2.99. The monoisotopic (exact) mass is 147 g/mol. The molecule has 0 bridgehead atoms. The van der Waals surface area contributed by atoms with Crippen molar-refractivity contribution in [2.24, 2.45) is 16.3 Å². The van der Waals surface area contributed by atoms with E-state index in [1.165, 1.54) is 0 Å². The minimum Gasteiger partial charge on any atom is -0.186 e. The van der Waals surface area contributed by atoms with Crippen molar-refractivity contribution in [2.75, 3.05) is 0 Å². The molecular formula is C7H14ClN. The van der Waals surface area contributed by atoms with Gasteiger partial charge in [0.2, 0.25) is 0 Å². The Morgan fingerprint density at radius 2 is 1.44 bits per heavy atom. The van der Waals surface area contributed by atoms with E-state index in [9.17, 15) is 0 Å². The first-order valence-electron chi connectivity index (χ1n) is 3.28. The molecule has 0 spiro atoms. The number of nitrogens with zero attached hydrogens (tertiary/aromatic N) is 1. The van der Waals surface area contributed by atoms with Crippen LogP contribution in [0.2, 0.25) is 0 Å². The number of hydrogen-bond acceptors (Lipinski definition) is 1. The van der Waals surface area contributed by atoms with Crippen molar-refractivity contribution in [3.63, 3.8) is 0 Å². The van der Waals surface area contributed by atoms with Gasteiger partial charge in [0.05, 0.1) is 0 Å². The molecule has 0 aromatic carbocycles. The molecule has 0 aromatic heterocycles. The maximum Gasteiger partial charge on any atom is 0.0376 e. The van der Waals surface area contributed by atoms with Gasteiger partial charge in [-0.15, -0.1) is 0 Å². The molecule has 0 aromatic rings. The van der Waals surface area contributed by atoms with Crippen LogP contribution in [0.4, 0.5) is 0 Å². The normalized spacial score (nSPS) is 10.6. The lowest BCUT2D eigenvalue weighted by atomic mass is 9.98. The van der Waals surface area contributed by atoms with E-state index in [1.54, 1.807) is 0 Å². The first-order chi connectivity index (χ1) is 4.09. The highest BCUT2D eigenvalue weighted by Gasteiger charge is 2.08. The predicted octanol–water partition coefficient (Wildman–Crippen LogP) is 2.89. The Morgan fingerprint density at radius 3 is 1.44 bits per heavy atom. The van der Waals surface area contributed by atoms with E-state index in [1.807, 2.05) is 0 Å². The second kappa shape index (κ2) is 3.89. The first kappa shape index (κ1) is 8.96. The van der Waals surface area contributed by atoms with Crippen LogP contribution in [0.1, 0.15) is 27.7 Å². The van der Waals surface area contributed by atoms with Gasteiger partial charge in [-0.1, -0.05) is 27.7 Å². The van der Waals surface area contributed by atoms with Gasteiger partial charge in [-0.25, -0.2) is 0 Å². The summed E-state index contributed by atoms with van der Waals surface area (Å²) in [5, 5.41) is 0. The molecule has 0 rings (SSSR count). The van der Waals surface area contributed by atoms with Gasteiger partial charge in [0.15, 0.2) is 0 Å². The maximum atomic E-state index is 5.35. The predicted molar refractivity (Wildman–Crippen MR) is 43.0 cm³/mol. The average Bonchev–Trinajstić information content (AvgIpc) is 1.64. The molecular weight excluding hydrogens is 134 g/mol. The van der Waals surface area contributed by atoms with Crippen molar-refractivity contribution in [3.05, 3.63) is 0 Å². The molecule has 2 heteroatoms. The number of rotatable bonds is 2.